The first-order valence-electron chi connectivity index (χ1n) is 4.68. The molecule has 0 unspecified atom stereocenters. The zero-order valence-electron chi connectivity index (χ0n) is 8.62. The predicted octanol–water partition coefficient (Wildman–Crippen LogP) is 1.56. The molecule has 15 heavy (non-hydrogen) atoms. The van der Waals surface area contributed by atoms with Gasteiger partial charge in [-0.1, -0.05) is 18.5 Å². The number of hydrogen-bond donors (Lipinski definition) is 0. The van der Waals surface area contributed by atoms with Crippen LogP contribution < -0.4 is 9.84 Å². The van der Waals surface area contributed by atoms with E-state index in [1.54, 1.807) is 25.1 Å². The standard InChI is InChI=1S/C11H13ClO3/c1-3-9(11(13)14)15-10-5-4-8(12)6-7(10)2/h4-6,9H,3H2,1-2H3,(H,13,14)/p-1/t9-/m0/s1. The largest absolute Gasteiger partial charge is 0.546 e. The lowest BCUT2D eigenvalue weighted by Gasteiger charge is -2.19. The Kier molecular flexibility index (Phi) is 3.97. The van der Waals surface area contributed by atoms with Gasteiger partial charge in [-0.3, -0.25) is 0 Å². The van der Waals surface area contributed by atoms with E-state index in [0.717, 1.165) is 5.56 Å². The fraction of sp³-hybridized carbons (Fsp3) is 0.364. The van der Waals surface area contributed by atoms with Crippen molar-refractivity contribution in [1.29, 1.82) is 0 Å². The van der Waals surface area contributed by atoms with Crippen LogP contribution in [0.25, 0.3) is 0 Å². The van der Waals surface area contributed by atoms with E-state index < -0.39 is 12.1 Å². The highest BCUT2D eigenvalue weighted by molar-refractivity contribution is 6.30. The van der Waals surface area contributed by atoms with E-state index in [-0.39, 0.29) is 0 Å². The van der Waals surface area contributed by atoms with Gasteiger partial charge in [0.1, 0.15) is 11.9 Å². The predicted molar refractivity (Wildman–Crippen MR) is 55.9 cm³/mol. The van der Waals surface area contributed by atoms with Crippen LogP contribution in [-0.2, 0) is 4.79 Å². The second-order valence-electron chi connectivity index (χ2n) is 3.24. The quantitative estimate of drug-likeness (QED) is 0.784. The molecule has 0 radical (unpaired) electrons. The first kappa shape index (κ1) is 11.9. The van der Waals surface area contributed by atoms with Crippen molar-refractivity contribution in [3.05, 3.63) is 28.8 Å². The lowest BCUT2D eigenvalue weighted by Crippen LogP contribution is -2.39. The highest BCUT2D eigenvalue weighted by Gasteiger charge is 2.10. The van der Waals surface area contributed by atoms with Gasteiger partial charge in [-0.05, 0) is 37.1 Å². The molecule has 0 aliphatic heterocycles. The van der Waals surface area contributed by atoms with Gasteiger partial charge in [-0.25, -0.2) is 0 Å². The number of hydrogen-bond acceptors (Lipinski definition) is 3. The molecule has 0 bridgehead atoms. The topological polar surface area (TPSA) is 49.4 Å². The fourth-order valence-corrected chi connectivity index (χ4v) is 1.42. The SMILES string of the molecule is CC[C@H](Oc1ccc(Cl)cc1C)C(=O)[O-]. The van der Waals surface area contributed by atoms with Crippen LogP contribution in [0.2, 0.25) is 5.02 Å². The van der Waals surface area contributed by atoms with Crippen LogP contribution in [0.3, 0.4) is 0 Å². The molecule has 1 atom stereocenters. The van der Waals surface area contributed by atoms with Gasteiger partial charge in [0.15, 0.2) is 0 Å². The maximum atomic E-state index is 10.7. The lowest BCUT2D eigenvalue weighted by atomic mass is 10.2. The Bertz CT molecular complexity index is 363. The molecule has 1 aromatic rings. The van der Waals surface area contributed by atoms with E-state index in [1.807, 2.05) is 6.92 Å². The third kappa shape index (κ3) is 3.13. The molecule has 0 N–H and O–H groups in total. The van der Waals surface area contributed by atoms with E-state index in [0.29, 0.717) is 17.2 Å². The summed E-state index contributed by atoms with van der Waals surface area (Å²) in [7, 11) is 0. The Morgan fingerprint density at radius 3 is 2.73 bits per heavy atom. The van der Waals surface area contributed by atoms with Crippen LogP contribution in [0.15, 0.2) is 18.2 Å². The van der Waals surface area contributed by atoms with Crippen molar-refractivity contribution < 1.29 is 14.6 Å². The minimum absolute atomic E-state index is 0.365. The number of ether oxygens (including phenoxy) is 1. The second-order valence-corrected chi connectivity index (χ2v) is 3.68. The number of rotatable bonds is 4. The van der Waals surface area contributed by atoms with Gasteiger partial charge in [0, 0.05) is 5.02 Å². The highest BCUT2D eigenvalue weighted by Crippen LogP contribution is 2.23. The Hall–Kier alpha value is -1.22. The summed E-state index contributed by atoms with van der Waals surface area (Å²) in [5.41, 5.74) is 0.808. The number of halogens is 1. The van der Waals surface area contributed by atoms with Crippen molar-refractivity contribution in [3.63, 3.8) is 0 Å². The van der Waals surface area contributed by atoms with Crippen molar-refractivity contribution in [3.8, 4) is 5.75 Å². The summed E-state index contributed by atoms with van der Waals surface area (Å²) < 4.78 is 5.29. The molecular weight excluding hydrogens is 216 g/mol. The first-order chi connectivity index (χ1) is 7.04. The molecule has 0 amide bonds. The summed E-state index contributed by atoms with van der Waals surface area (Å²) in [6.45, 7) is 3.54. The first-order valence-corrected chi connectivity index (χ1v) is 5.06. The van der Waals surface area contributed by atoms with Crippen LogP contribution in [0.5, 0.6) is 5.75 Å². The monoisotopic (exact) mass is 227 g/mol. The average molecular weight is 228 g/mol. The molecule has 1 rings (SSSR count). The molecule has 0 aliphatic carbocycles. The maximum absolute atomic E-state index is 10.7. The van der Waals surface area contributed by atoms with Crippen LogP contribution in [0, 0.1) is 6.92 Å². The molecule has 4 heteroatoms. The van der Waals surface area contributed by atoms with E-state index in [4.69, 9.17) is 16.3 Å². The molecule has 0 saturated heterocycles. The number of carboxylic acids is 1. The van der Waals surface area contributed by atoms with Crippen molar-refractivity contribution in [2.24, 2.45) is 0 Å². The van der Waals surface area contributed by atoms with Crippen LogP contribution in [-0.4, -0.2) is 12.1 Å². The Balaban J connectivity index is 2.84. The van der Waals surface area contributed by atoms with Crippen LogP contribution in [0.1, 0.15) is 18.9 Å². The van der Waals surface area contributed by atoms with Crippen molar-refractivity contribution in [1.82, 2.24) is 0 Å². The van der Waals surface area contributed by atoms with Gasteiger partial charge >= 0.3 is 0 Å². The van der Waals surface area contributed by atoms with E-state index in [9.17, 15) is 9.90 Å². The van der Waals surface area contributed by atoms with Crippen LogP contribution >= 0.6 is 11.6 Å². The Morgan fingerprint density at radius 1 is 1.60 bits per heavy atom. The summed E-state index contributed by atoms with van der Waals surface area (Å²) in [4.78, 5) is 10.7. The van der Waals surface area contributed by atoms with Gasteiger partial charge in [-0.2, -0.15) is 0 Å². The fourth-order valence-electron chi connectivity index (χ4n) is 1.20. The third-order valence-electron chi connectivity index (χ3n) is 2.04. The van der Waals surface area contributed by atoms with Gasteiger partial charge in [0.2, 0.25) is 0 Å². The normalized spacial score (nSPS) is 12.2. The molecule has 0 heterocycles. The molecule has 3 nitrogen and oxygen atoms in total. The Labute approximate surface area is 93.6 Å². The maximum Gasteiger partial charge on any atom is 0.138 e. The highest BCUT2D eigenvalue weighted by atomic mass is 35.5. The zero-order valence-corrected chi connectivity index (χ0v) is 9.38. The summed E-state index contributed by atoms with van der Waals surface area (Å²) in [5, 5.41) is 11.2. The molecule has 1 aromatic carbocycles. The minimum Gasteiger partial charge on any atom is -0.546 e. The smallest absolute Gasteiger partial charge is 0.138 e. The van der Waals surface area contributed by atoms with E-state index in [2.05, 4.69) is 0 Å². The molecule has 0 aliphatic rings. The van der Waals surface area contributed by atoms with Gasteiger partial charge in [0.05, 0.1) is 5.97 Å². The summed E-state index contributed by atoms with van der Waals surface area (Å²) in [6, 6.07) is 5.04. The number of aryl methyl sites for hydroxylation is 1. The number of carbonyl (C=O) groups is 1. The van der Waals surface area contributed by atoms with Crippen LogP contribution in [0.4, 0.5) is 0 Å². The van der Waals surface area contributed by atoms with Gasteiger partial charge in [-0.15, -0.1) is 0 Å². The summed E-state index contributed by atoms with van der Waals surface area (Å²) >= 11 is 5.77. The summed E-state index contributed by atoms with van der Waals surface area (Å²) in [5.74, 6) is -0.678. The van der Waals surface area contributed by atoms with Crippen molar-refractivity contribution in [2.45, 2.75) is 26.4 Å². The van der Waals surface area contributed by atoms with Gasteiger partial charge in [0.25, 0.3) is 0 Å². The van der Waals surface area contributed by atoms with E-state index in [1.165, 1.54) is 0 Å². The van der Waals surface area contributed by atoms with E-state index >= 15 is 0 Å². The second kappa shape index (κ2) is 5.03. The van der Waals surface area contributed by atoms with Gasteiger partial charge < -0.3 is 14.6 Å². The third-order valence-corrected chi connectivity index (χ3v) is 2.27. The molecule has 82 valence electrons. The molecular formula is C11H12ClO3-. The summed E-state index contributed by atoms with van der Waals surface area (Å²) in [6.07, 6.45) is -0.547. The number of carbonyl (C=O) groups excluding carboxylic acids is 1. The molecule has 0 spiro atoms. The molecule has 0 aromatic heterocycles. The number of carboxylic acid groups (broad SMARTS) is 1. The van der Waals surface area contributed by atoms with Crippen molar-refractivity contribution in [2.75, 3.05) is 0 Å². The average Bonchev–Trinajstić information content (AvgIpc) is 2.16. The minimum atomic E-state index is -1.20. The lowest BCUT2D eigenvalue weighted by molar-refractivity contribution is -0.313. The van der Waals surface area contributed by atoms with Crippen molar-refractivity contribution >= 4 is 17.6 Å². The zero-order chi connectivity index (χ0) is 11.4. The Morgan fingerprint density at radius 2 is 2.27 bits per heavy atom. The number of aliphatic carboxylic acids is 1. The molecule has 0 fully saturated rings. The number of benzene rings is 1. The molecule has 0 saturated carbocycles.